The van der Waals surface area contributed by atoms with Gasteiger partial charge in [-0.15, -0.1) is 0 Å². The van der Waals surface area contributed by atoms with E-state index in [-0.39, 0.29) is 5.91 Å². The van der Waals surface area contributed by atoms with Crippen LogP contribution in [0, 0.1) is 18.3 Å². The first-order chi connectivity index (χ1) is 10.6. The van der Waals surface area contributed by atoms with E-state index in [9.17, 15) is 4.79 Å². The zero-order valence-electron chi connectivity index (χ0n) is 12.4. The normalized spacial score (nSPS) is 10.0. The molecule has 0 aliphatic carbocycles. The molecule has 2 aromatic rings. The number of aryl methyl sites for hydroxylation is 1. The van der Waals surface area contributed by atoms with E-state index in [1.807, 2.05) is 55.5 Å². The van der Waals surface area contributed by atoms with Crippen LogP contribution in [0.15, 0.2) is 53.0 Å². The van der Waals surface area contributed by atoms with Gasteiger partial charge in [0.05, 0.1) is 12.5 Å². The van der Waals surface area contributed by atoms with Gasteiger partial charge in [0.1, 0.15) is 0 Å². The van der Waals surface area contributed by atoms with E-state index >= 15 is 0 Å². The monoisotopic (exact) mass is 356 g/mol. The Bertz CT molecular complexity index is 692. The molecule has 4 heteroatoms. The van der Waals surface area contributed by atoms with Crippen LogP contribution in [0.5, 0.6) is 0 Å². The van der Waals surface area contributed by atoms with E-state index < -0.39 is 0 Å². The third-order valence-corrected chi connectivity index (χ3v) is 4.27. The van der Waals surface area contributed by atoms with Crippen LogP contribution < -0.4 is 0 Å². The van der Waals surface area contributed by atoms with Gasteiger partial charge in [-0.2, -0.15) is 5.26 Å². The minimum atomic E-state index is -0.0557. The number of hydrogen-bond donors (Lipinski definition) is 0. The number of hydrogen-bond acceptors (Lipinski definition) is 2. The summed E-state index contributed by atoms with van der Waals surface area (Å²) in [7, 11) is 0. The molecule has 0 fully saturated rings. The Kier molecular flexibility index (Phi) is 5.74. The number of nitriles is 1. The summed E-state index contributed by atoms with van der Waals surface area (Å²) >= 11 is 3.46. The molecule has 1 amide bonds. The SMILES string of the molecule is Cc1ccc(C(=O)N(CCC#N)Cc2ccccc2)cc1Br. The highest BCUT2D eigenvalue weighted by molar-refractivity contribution is 9.10. The molecule has 0 unspecified atom stereocenters. The summed E-state index contributed by atoms with van der Waals surface area (Å²) in [5.74, 6) is -0.0557. The van der Waals surface area contributed by atoms with Crippen molar-refractivity contribution in [3.63, 3.8) is 0 Å². The van der Waals surface area contributed by atoms with E-state index in [0.717, 1.165) is 15.6 Å². The fourth-order valence-corrected chi connectivity index (χ4v) is 2.53. The molecule has 0 radical (unpaired) electrons. The Labute approximate surface area is 139 Å². The second-order valence-electron chi connectivity index (χ2n) is 5.08. The summed E-state index contributed by atoms with van der Waals surface area (Å²) in [6, 6.07) is 17.5. The molecule has 0 spiro atoms. The summed E-state index contributed by atoms with van der Waals surface area (Å²) in [5, 5.41) is 8.82. The molecule has 0 aliphatic rings. The molecule has 0 saturated carbocycles. The number of nitrogens with zero attached hydrogens (tertiary/aromatic N) is 2. The number of halogens is 1. The summed E-state index contributed by atoms with van der Waals surface area (Å²) in [6.45, 7) is 2.92. The van der Waals surface area contributed by atoms with Crippen molar-refractivity contribution in [2.75, 3.05) is 6.54 Å². The van der Waals surface area contributed by atoms with Gasteiger partial charge in [-0.05, 0) is 30.2 Å². The average molecular weight is 357 g/mol. The standard InChI is InChI=1S/C18H17BrN2O/c1-14-8-9-16(12-17(14)19)18(22)21(11-5-10-20)13-15-6-3-2-4-7-15/h2-4,6-9,12H,5,11,13H2,1H3. The number of rotatable bonds is 5. The predicted octanol–water partition coefficient (Wildman–Crippen LogP) is 4.31. The van der Waals surface area contributed by atoms with Crippen LogP contribution in [0.25, 0.3) is 0 Å². The highest BCUT2D eigenvalue weighted by Crippen LogP contribution is 2.19. The molecular weight excluding hydrogens is 340 g/mol. The van der Waals surface area contributed by atoms with Crippen LogP contribution in [0.4, 0.5) is 0 Å². The van der Waals surface area contributed by atoms with Crippen molar-refractivity contribution >= 4 is 21.8 Å². The molecule has 0 aromatic heterocycles. The molecule has 112 valence electrons. The van der Waals surface area contributed by atoms with Crippen LogP contribution in [-0.2, 0) is 6.54 Å². The van der Waals surface area contributed by atoms with Gasteiger partial charge >= 0.3 is 0 Å². The quantitative estimate of drug-likeness (QED) is 0.800. The molecule has 0 N–H and O–H groups in total. The minimum Gasteiger partial charge on any atom is -0.333 e. The topological polar surface area (TPSA) is 44.1 Å². The second-order valence-corrected chi connectivity index (χ2v) is 5.94. The van der Waals surface area contributed by atoms with Crippen molar-refractivity contribution in [3.8, 4) is 6.07 Å². The molecule has 22 heavy (non-hydrogen) atoms. The molecule has 0 atom stereocenters. The maximum atomic E-state index is 12.7. The first-order valence-electron chi connectivity index (χ1n) is 7.08. The zero-order chi connectivity index (χ0) is 15.9. The van der Waals surface area contributed by atoms with Gasteiger partial charge in [0.2, 0.25) is 0 Å². The van der Waals surface area contributed by atoms with Gasteiger partial charge in [0.25, 0.3) is 5.91 Å². The fourth-order valence-electron chi connectivity index (χ4n) is 2.15. The first-order valence-corrected chi connectivity index (χ1v) is 7.87. The van der Waals surface area contributed by atoms with Crippen LogP contribution in [0.2, 0.25) is 0 Å². The molecule has 3 nitrogen and oxygen atoms in total. The Morgan fingerprint density at radius 1 is 1.23 bits per heavy atom. The van der Waals surface area contributed by atoms with Gasteiger partial charge in [0.15, 0.2) is 0 Å². The lowest BCUT2D eigenvalue weighted by Crippen LogP contribution is -2.31. The Balaban J connectivity index is 2.22. The maximum absolute atomic E-state index is 12.7. The largest absolute Gasteiger partial charge is 0.333 e. The van der Waals surface area contributed by atoms with Gasteiger partial charge in [-0.3, -0.25) is 4.79 Å². The lowest BCUT2D eigenvalue weighted by molar-refractivity contribution is 0.0747. The van der Waals surface area contributed by atoms with Crippen molar-refractivity contribution in [1.29, 1.82) is 5.26 Å². The molecule has 0 aliphatic heterocycles. The number of carbonyl (C=O) groups is 1. The molecular formula is C18H17BrN2O. The molecule has 0 saturated heterocycles. The summed E-state index contributed by atoms with van der Waals surface area (Å²) in [6.07, 6.45) is 0.325. The Hall–Kier alpha value is -2.12. The summed E-state index contributed by atoms with van der Waals surface area (Å²) < 4.78 is 0.915. The number of carbonyl (C=O) groups excluding carboxylic acids is 1. The third-order valence-electron chi connectivity index (χ3n) is 3.42. The molecule has 0 heterocycles. The number of amides is 1. The Morgan fingerprint density at radius 3 is 2.59 bits per heavy atom. The van der Waals surface area contributed by atoms with Gasteiger partial charge < -0.3 is 4.90 Å². The van der Waals surface area contributed by atoms with Crippen LogP contribution in [-0.4, -0.2) is 17.4 Å². The van der Waals surface area contributed by atoms with Crippen molar-refractivity contribution in [3.05, 3.63) is 69.7 Å². The Morgan fingerprint density at radius 2 is 1.95 bits per heavy atom. The van der Waals surface area contributed by atoms with Crippen molar-refractivity contribution in [2.45, 2.75) is 19.9 Å². The van der Waals surface area contributed by atoms with Crippen LogP contribution in [0.3, 0.4) is 0 Å². The number of benzene rings is 2. The zero-order valence-corrected chi connectivity index (χ0v) is 14.0. The lowest BCUT2D eigenvalue weighted by atomic mass is 10.1. The van der Waals surface area contributed by atoms with Crippen molar-refractivity contribution in [1.82, 2.24) is 4.90 Å². The third kappa shape index (κ3) is 4.19. The average Bonchev–Trinajstić information content (AvgIpc) is 2.54. The van der Waals surface area contributed by atoms with Crippen molar-refractivity contribution < 1.29 is 4.79 Å². The maximum Gasteiger partial charge on any atom is 0.254 e. The summed E-state index contributed by atoms with van der Waals surface area (Å²) in [5.41, 5.74) is 2.77. The van der Waals surface area contributed by atoms with E-state index in [0.29, 0.717) is 25.1 Å². The van der Waals surface area contributed by atoms with Crippen molar-refractivity contribution in [2.24, 2.45) is 0 Å². The highest BCUT2D eigenvalue weighted by Gasteiger charge is 2.16. The molecule has 2 aromatic carbocycles. The van der Waals surface area contributed by atoms with Crippen LogP contribution >= 0.6 is 15.9 Å². The predicted molar refractivity (Wildman–Crippen MR) is 90.3 cm³/mol. The van der Waals surface area contributed by atoms with E-state index in [2.05, 4.69) is 22.0 Å². The van der Waals surface area contributed by atoms with Gasteiger partial charge in [-0.1, -0.05) is 52.3 Å². The smallest absolute Gasteiger partial charge is 0.254 e. The highest BCUT2D eigenvalue weighted by atomic mass is 79.9. The molecule has 0 bridgehead atoms. The van der Waals surface area contributed by atoms with E-state index in [4.69, 9.17) is 5.26 Å². The lowest BCUT2D eigenvalue weighted by Gasteiger charge is -2.22. The molecule has 2 rings (SSSR count). The van der Waals surface area contributed by atoms with E-state index in [1.165, 1.54) is 0 Å². The fraction of sp³-hybridized carbons (Fsp3) is 0.222. The van der Waals surface area contributed by atoms with Gasteiger partial charge in [0, 0.05) is 23.1 Å². The van der Waals surface area contributed by atoms with Crippen LogP contribution in [0.1, 0.15) is 27.9 Å². The first kappa shape index (κ1) is 16.3. The minimum absolute atomic E-state index is 0.0557. The summed E-state index contributed by atoms with van der Waals surface area (Å²) in [4.78, 5) is 14.4. The van der Waals surface area contributed by atoms with Gasteiger partial charge in [-0.25, -0.2) is 0 Å². The van der Waals surface area contributed by atoms with E-state index in [1.54, 1.807) is 4.90 Å². The second kappa shape index (κ2) is 7.77.